The molecule has 0 aliphatic rings. The minimum Gasteiger partial charge on any atom is -0.264 e. The van der Waals surface area contributed by atoms with Crippen LogP contribution < -0.4 is 0 Å². The van der Waals surface area contributed by atoms with E-state index in [0.29, 0.717) is 6.54 Å². The Bertz CT molecular complexity index is 585. The molecule has 0 aliphatic heterocycles. The normalized spacial score (nSPS) is 11.9. The summed E-state index contributed by atoms with van der Waals surface area (Å²) < 4.78 is 40.0. The van der Waals surface area contributed by atoms with Crippen LogP contribution in [0.4, 0.5) is 13.2 Å². The molecule has 19 heavy (non-hydrogen) atoms. The van der Waals surface area contributed by atoms with Gasteiger partial charge in [-0.2, -0.15) is 18.3 Å². The Balaban J connectivity index is 2.22. The average Bonchev–Trinajstić information content (AvgIpc) is 2.57. The van der Waals surface area contributed by atoms with Crippen LogP contribution in [0.1, 0.15) is 22.5 Å². The SMILES string of the molecule is Cc1nn(Cc2ccc(C(F)(F)F)cc2)c(C)c1Br. The molecule has 0 bridgehead atoms. The van der Waals surface area contributed by atoms with Gasteiger partial charge in [-0.25, -0.2) is 0 Å². The van der Waals surface area contributed by atoms with Crippen LogP contribution in [0.2, 0.25) is 0 Å². The van der Waals surface area contributed by atoms with Crippen LogP contribution >= 0.6 is 15.9 Å². The Labute approximate surface area is 117 Å². The molecule has 2 rings (SSSR count). The number of nitrogens with zero attached hydrogens (tertiary/aromatic N) is 2. The summed E-state index contributed by atoms with van der Waals surface area (Å²) in [5.41, 5.74) is 1.97. The van der Waals surface area contributed by atoms with Gasteiger partial charge in [0.25, 0.3) is 0 Å². The van der Waals surface area contributed by atoms with Crippen molar-refractivity contribution in [2.45, 2.75) is 26.6 Å². The van der Waals surface area contributed by atoms with E-state index < -0.39 is 11.7 Å². The smallest absolute Gasteiger partial charge is 0.264 e. The molecular formula is C13H12BrF3N2. The second kappa shape index (κ2) is 5.00. The van der Waals surface area contributed by atoms with Crippen LogP contribution in [0.25, 0.3) is 0 Å². The van der Waals surface area contributed by atoms with Gasteiger partial charge in [-0.15, -0.1) is 0 Å². The topological polar surface area (TPSA) is 17.8 Å². The summed E-state index contributed by atoms with van der Waals surface area (Å²) in [7, 11) is 0. The number of alkyl halides is 3. The third-order valence-corrected chi connectivity index (χ3v) is 4.05. The van der Waals surface area contributed by atoms with Gasteiger partial charge in [0.2, 0.25) is 0 Å². The minimum absolute atomic E-state index is 0.455. The molecule has 0 aliphatic carbocycles. The standard InChI is InChI=1S/C13H12BrF3N2/c1-8-12(14)9(2)19(18-8)7-10-3-5-11(6-4-10)13(15,16)17/h3-6H,7H2,1-2H3. The van der Waals surface area contributed by atoms with Gasteiger partial charge in [0, 0.05) is 0 Å². The van der Waals surface area contributed by atoms with Crippen molar-refractivity contribution in [1.82, 2.24) is 9.78 Å². The van der Waals surface area contributed by atoms with Crippen molar-refractivity contribution >= 4 is 15.9 Å². The van der Waals surface area contributed by atoms with Gasteiger partial charge in [0.15, 0.2) is 0 Å². The Morgan fingerprint density at radius 2 is 1.74 bits per heavy atom. The molecule has 1 aromatic carbocycles. The maximum absolute atomic E-state index is 12.4. The van der Waals surface area contributed by atoms with E-state index in [-0.39, 0.29) is 0 Å². The zero-order valence-electron chi connectivity index (χ0n) is 10.4. The van der Waals surface area contributed by atoms with Gasteiger partial charge in [-0.1, -0.05) is 12.1 Å². The number of hydrogen-bond acceptors (Lipinski definition) is 1. The molecule has 1 aromatic heterocycles. The molecule has 0 N–H and O–H groups in total. The second-order valence-electron chi connectivity index (χ2n) is 4.34. The molecule has 0 fully saturated rings. The van der Waals surface area contributed by atoms with Gasteiger partial charge >= 0.3 is 6.18 Å². The Hall–Kier alpha value is -1.30. The summed E-state index contributed by atoms with van der Waals surface area (Å²) in [5, 5.41) is 4.32. The van der Waals surface area contributed by atoms with Gasteiger partial charge in [-0.05, 0) is 47.5 Å². The quantitative estimate of drug-likeness (QED) is 0.800. The third kappa shape index (κ3) is 3.00. The van der Waals surface area contributed by atoms with E-state index in [9.17, 15) is 13.2 Å². The number of benzene rings is 1. The first-order valence-electron chi connectivity index (χ1n) is 5.64. The predicted molar refractivity (Wildman–Crippen MR) is 69.9 cm³/mol. The summed E-state index contributed by atoms with van der Waals surface area (Å²) in [6.07, 6.45) is -4.29. The zero-order valence-corrected chi connectivity index (χ0v) is 12.0. The summed E-state index contributed by atoms with van der Waals surface area (Å²) in [4.78, 5) is 0. The molecule has 2 aromatic rings. The Morgan fingerprint density at radius 3 is 2.16 bits per heavy atom. The van der Waals surface area contributed by atoms with E-state index in [1.165, 1.54) is 12.1 Å². The number of rotatable bonds is 2. The zero-order chi connectivity index (χ0) is 14.2. The molecule has 0 spiro atoms. The highest BCUT2D eigenvalue weighted by Gasteiger charge is 2.29. The van der Waals surface area contributed by atoms with E-state index in [1.54, 1.807) is 4.68 Å². The predicted octanol–water partition coefficient (Wildman–Crippen LogP) is 4.33. The van der Waals surface area contributed by atoms with Crippen LogP contribution in [0.15, 0.2) is 28.7 Å². The number of aromatic nitrogens is 2. The van der Waals surface area contributed by atoms with Crippen molar-refractivity contribution in [3.8, 4) is 0 Å². The van der Waals surface area contributed by atoms with Crippen LogP contribution in [-0.2, 0) is 12.7 Å². The molecule has 0 unspecified atom stereocenters. The molecule has 0 atom stereocenters. The molecule has 0 saturated heterocycles. The minimum atomic E-state index is -4.29. The third-order valence-electron chi connectivity index (χ3n) is 2.91. The van der Waals surface area contributed by atoms with Crippen molar-refractivity contribution in [1.29, 1.82) is 0 Å². The molecule has 0 radical (unpaired) electrons. The Kier molecular flexibility index (Phi) is 3.71. The molecule has 0 amide bonds. The molecule has 0 saturated carbocycles. The lowest BCUT2D eigenvalue weighted by Gasteiger charge is -2.08. The van der Waals surface area contributed by atoms with E-state index in [4.69, 9.17) is 0 Å². The summed E-state index contributed by atoms with van der Waals surface area (Å²) in [5.74, 6) is 0. The van der Waals surface area contributed by atoms with Crippen LogP contribution in [0.5, 0.6) is 0 Å². The lowest BCUT2D eigenvalue weighted by Crippen LogP contribution is -2.07. The Morgan fingerprint density at radius 1 is 1.16 bits per heavy atom. The first-order valence-corrected chi connectivity index (χ1v) is 6.44. The maximum Gasteiger partial charge on any atom is 0.416 e. The number of hydrogen-bond donors (Lipinski definition) is 0. The molecule has 1 heterocycles. The largest absolute Gasteiger partial charge is 0.416 e. The fraction of sp³-hybridized carbons (Fsp3) is 0.308. The van der Waals surface area contributed by atoms with Gasteiger partial charge < -0.3 is 0 Å². The molecule has 2 nitrogen and oxygen atoms in total. The lowest BCUT2D eigenvalue weighted by molar-refractivity contribution is -0.137. The van der Waals surface area contributed by atoms with Crippen molar-refractivity contribution in [2.75, 3.05) is 0 Å². The lowest BCUT2D eigenvalue weighted by atomic mass is 10.1. The number of aryl methyl sites for hydroxylation is 1. The molecular weight excluding hydrogens is 321 g/mol. The van der Waals surface area contributed by atoms with E-state index in [0.717, 1.165) is 33.6 Å². The van der Waals surface area contributed by atoms with E-state index in [2.05, 4.69) is 21.0 Å². The highest BCUT2D eigenvalue weighted by atomic mass is 79.9. The van der Waals surface area contributed by atoms with Crippen molar-refractivity contribution in [2.24, 2.45) is 0 Å². The fourth-order valence-corrected chi connectivity index (χ4v) is 2.09. The van der Waals surface area contributed by atoms with Gasteiger partial charge in [0.1, 0.15) is 0 Å². The monoisotopic (exact) mass is 332 g/mol. The van der Waals surface area contributed by atoms with Gasteiger partial charge in [-0.3, -0.25) is 4.68 Å². The van der Waals surface area contributed by atoms with Crippen LogP contribution in [0, 0.1) is 13.8 Å². The van der Waals surface area contributed by atoms with Crippen LogP contribution in [0.3, 0.4) is 0 Å². The van der Waals surface area contributed by atoms with Crippen LogP contribution in [-0.4, -0.2) is 9.78 Å². The highest BCUT2D eigenvalue weighted by molar-refractivity contribution is 9.10. The summed E-state index contributed by atoms with van der Waals surface area (Å²) in [6, 6.07) is 5.15. The summed E-state index contributed by atoms with van der Waals surface area (Å²) >= 11 is 3.42. The second-order valence-corrected chi connectivity index (χ2v) is 5.13. The van der Waals surface area contributed by atoms with Crippen molar-refractivity contribution in [3.63, 3.8) is 0 Å². The molecule has 6 heteroatoms. The summed E-state index contributed by atoms with van der Waals surface area (Å²) in [6.45, 7) is 4.24. The van der Waals surface area contributed by atoms with Crippen molar-refractivity contribution in [3.05, 3.63) is 51.3 Å². The van der Waals surface area contributed by atoms with E-state index >= 15 is 0 Å². The average molecular weight is 333 g/mol. The maximum atomic E-state index is 12.4. The van der Waals surface area contributed by atoms with E-state index in [1.807, 2.05) is 13.8 Å². The number of halogens is 4. The first kappa shape index (κ1) is 14.1. The van der Waals surface area contributed by atoms with Gasteiger partial charge in [0.05, 0.1) is 28.0 Å². The highest BCUT2D eigenvalue weighted by Crippen LogP contribution is 2.29. The van der Waals surface area contributed by atoms with Crippen molar-refractivity contribution < 1.29 is 13.2 Å². The molecule has 102 valence electrons. The fourth-order valence-electron chi connectivity index (χ4n) is 1.80. The first-order chi connectivity index (χ1) is 8.79.